The summed E-state index contributed by atoms with van der Waals surface area (Å²) in [5.74, 6) is 0. The molecule has 0 amide bonds. The molecule has 0 aromatic heterocycles. The Bertz CT molecular complexity index is 94.6. The van der Waals surface area contributed by atoms with E-state index in [2.05, 4.69) is 18.7 Å². The summed E-state index contributed by atoms with van der Waals surface area (Å²) < 4.78 is 4.82. The van der Waals surface area contributed by atoms with E-state index < -0.39 is 7.15 Å². The lowest BCUT2D eigenvalue weighted by atomic mass is 10.3. The normalized spacial score (nSPS) is 11.1. The second-order valence-electron chi connectivity index (χ2n) is 1.82. The first-order valence-corrected chi connectivity index (χ1v) is 5.62. The van der Waals surface area contributed by atoms with E-state index in [4.69, 9.17) is 9.42 Å². The molecule has 0 heterocycles. The summed E-state index contributed by atoms with van der Waals surface area (Å²) in [6.45, 7) is 2.75. The monoisotopic (exact) mass is 240 g/mol. The fourth-order valence-electron chi connectivity index (χ4n) is 0.512. The molecule has 1 N–H and O–H groups in total. The third kappa shape index (κ3) is 18.3. The lowest BCUT2D eigenvalue weighted by Gasteiger charge is -1.98. The smallest absolute Gasteiger partial charge is 0.173 e. The summed E-state index contributed by atoms with van der Waals surface area (Å²) in [7, 11) is -1.83. The third-order valence-electron chi connectivity index (χ3n) is 0.973. The van der Waals surface area contributed by atoms with Crippen LogP contribution in [-0.2, 0) is 16.3 Å². The zero-order valence-corrected chi connectivity index (χ0v) is 9.86. The zero-order valence-electron chi connectivity index (χ0n) is 6.41. The summed E-state index contributed by atoms with van der Waals surface area (Å²) in [6.07, 6.45) is 3.35. The number of rotatable bonds is 5. The van der Waals surface area contributed by atoms with Crippen LogP contribution >= 0.6 is 32.0 Å². The molecule has 6 heteroatoms. The molecular weight excluding hydrogens is 226 g/mol. The molecule has 0 aliphatic carbocycles. The fraction of sp³-hybridized carbons (Fsp3) is 1.00. The van der Waals surface area contributed by atoms with E-state index in [9.17, 15) is 0 Å². The Kier molecular flexibility index (Phi) is 22.5. The predicted molar refractivity (Wildman–Crippen MR) is 57.9 cm³/mol. The molecule has 0 saturated heterocycles. The van der Waals surface area contributed by atoms with Gasteiger partial charge in [0.25, 0.3) is 0 Å². The molecular formula is C5H15Cl2O2PS. The second kappa shape index (κ2) is 13.7. The lowest BCUT2D eigenvalue weighted by molar-refractivity contribution is 0.313. The van der Waals surface area contributed by atoms with Crippen LogP contribution in [0.5, 0.6) is 0 Å². The van der Waals surface area contributed by atoms with Gasteiger partial charge in [-0.1, -0.05) is 19.8 Å². The van der Waals surface area contributed by atoms with Crippen LogP contribution in [0.2, 0.25) is 0 Å². The molecule has 0 aliphatic rings. The SMILES string of the molecule is CCCCCO[PH](O)=S.Cl.Cl. The number of halogens is 2. The minimum absolute atomic E-state index is 0. The zero-order chi connectivity index (χ0) is 7.11. The Morgan fingerprint density at radius 3 is 2.27 bits per heavy atom. The Balaban J connectivity index is -0.000000320. The lowest BCUT2D eigenvalue weighted by Crippen LogP contribution is -1.84. The highest BCUT2D eigenvalue weighted by Crippen LogP contribution is 2.15. The molecule has 0 aromatic carbocycles. The number of hydrogen-bond acceptors (Lipinski definition) is 2. The van der Waals surface area contributed by atoms with Gasteiger partial charge in [-0.3, -0.25) is 0 Å². The van der Waals surface area contributed by atoms with Crippen molar-refractivity contribution in [3.63, 3.8) is 0 Å². The molecule has 0 rings (SSSR count). The van der Waals surface area contributed by atoms with Gasteiger partial charge >= 0.3 is 0 Å². The largest absolute Gasteiger partial charge is 0.347 e. The van der Waals surface area contributed by atoms with Crippen molar-refractivity contribution in [3.8, 4) is 0 Å². The van der Waals surface area contributed by atoms with Gasteiger partial charge in [-0.15, -0.1) is 24.8 Å². The van der Waals surface area contributed by atoms with Crippen LogP contribution in [0, 0.1) is 0 Å². The van der Waals surface area contributed by atoms with Crippen molar-refractivity contribution in [1.29, 1.82) is 0 Å². The summed E-state index contributed by atoms with van der Waals surface area (Å²) in [5, 5.41) is 0. The number of unbranched alkanes of at least 4 members (excludes halogenated alkanes) is 2. The highest BCUT2D eigenvalue weighted by atomic mass is 35.5. The molecule has 11 heavy (non-hydrogen) atoms. The maximum absolute atomic E-state index is 8.55. The van der Waals surface area contributed by atoms with Gasteiger partial charge in [-0.2, -0.15) is 0 Å². The molecule has 72 valence electrons. The molecule has 0 spiro atoms. The van der Waals surface area contributed by atoms with Crippen molar-refractivity contribution >= 4 is 43.8 Å². The quantitative estimate of drug-likeness (QED) is 0.592. The van der Waals surface area contributed by atoms with Crippen LogP contribution in [0.4, 0.5) is 0 Å². The summed E-state index contributed by atoms with van der Waals surface area (Å²) in [4.78, 5) is 8.55. The topological polar surface area (TPSA) is 29.5 Å². The van der Waals surface area contributed by atoms with Gasteiger partial charge in [-0.05, 0) is 18.2 Å². The van der Waals surface area contributed by atoms with Crippen LogP contribution in [0.1, 0.15) is 26.2 Å². The Labute approximate surface area is 86.1 Å². The summed E-state index contributed by atoms with van der Waals surface area (Å²) in [6, 6.07) is 0. The van der Waals surface area contributed by atoms with Crippen LogP contribution in [-0.4, -0.2) is 11.5 Å². The average Bonchev–Trinajstić information content (AvgIpc) is 1.80. The maximum Gasteiger partial charge on any atom is 0.173 e. The van der Waals surface area contributed by atoms with Gasteiger partial charge in [0.2, 0.25) is 0 Å². The molecule has 0 radical (unpaired) electrons. The predicted octanol–water partition coefficient (Wildman–Crippen LogP) is 2.54. The second-order valence-corrected chi connectivity index (χ2v) is 3.69. The Morgan fingerprint density at radius 2 is 1.91 bits per heavy atom. The molecule has 1 atom stereocenters. The molecule has 0 saturated carbocycles. The Hall–Kier alpha value is 1.15. The van der Waals surface area contributed by atoms with Crippen molar-refractivity contribution < 1.29 is 9.42 Å². The van der Waals surface area contributed by atoms with Crippen molar-refractivity contribution in [2.75, 3.05) is 6.61 Å². The van der Waals surface area contributed by atoms with E-state index >= 15 is 0 Å². The van der Waals surface area contributed by atoms with Crippen LogP contribution in [0.3, 0.4) is 0 Å². The highest BCUT2D eigenvalue weighted by molar-refractivity contribution is 8.00. The maximum atomic E-state index is 8.55. The van der Waals surface area contributed by atoms with Crippen LogP contribution < -0.4 is 0 Å². The first-order valence-electron chi connectivity index (χ1n) is 3.13. The number of hydrogen-bond donors (Lipinski definition) is 1. The van der Waals surface area contributed by atoms with Gasteiger partial charge in [-0.25, -0.2) is 0 Å². The van der Waals surface area contributed by atoms with Crippen molar-refractivity contribution in [3.05, 3.63) is 0 Å². The van der Waals surface area contributed by atoms with E-state index in [1.165, 1.54) is 6.42 Å². The van der Waals surface area contributed by atoms with Gasteiger partial charge in [0.05, 0.1) is 6.61 Å². The van der Waals surface area contributed by atoms with Gasteiger partial charge in [0.1, 0.15) is 0 Å². The minimum atomic E-state index is -1.83. The molecule has 1 unspecified atom stereocenters. The van der Waals surface area contributed by atoms with E-state index in [0.717, 1.165) is 12.8 Å². The van der Waals surface area contributed by atoms with E-state index in [0.29, 0.717) is 6.61 Å². The third-order valence-corrected chi connectivity index (χ3v) is 1.78. The molecule has 0 fully saturated rings. The van der Waals surface area contributed by atoms with Crippen LogP contribution in [0.15, 0.2) is 0 Å². The Morgan fingerprint density at radius 1 is 1.36 bits per heavy atom. The van der Waals surface area contributed by atoms with Crippen molar-refractivity contribution in [2.24, 2.45) is 0 Å². The molecule has 2 nitrogen and oxygen atoms in total. The van der Waals surface area contributed by atoms with Gasteiger partial charge in [0, 0.05) is 0 Å². The molecule has 0 aliphatic heterocycles. The minimum Gasteiger partial charge on any atom is -0.347 e. The van der Waals surface area contributed by atoms with Gasteiger partial charge in [0.15, 0.2) is 7.15 Å². The van der Waals surface area contributed by atoms with E-state index in [1.807, 2.05) is 0 Å². The standard InChI is InChI=1S/C5H13O2PS.2ClH/c1-2-3-4-5-7-8(6)9;;/h8H,2-5H2,1H3,(H,6,9);2*1H. The summed E-state index contributed by atoms with van der Waals surface area (Å²) >= 11 is 4.46. The first kappa shape index (κ1) is 18.0. The average molecular weight is 241 g/mol. The summed E-state index contributed by atoms with van der Waals surface area (Å²) in [5.41, 5.74) is 0. The molecule has 0 aromatic rings. The van der Waals surface area contributed by atoms with Crippen molar-refractivity contribution in [2.45, 2.75) is 26.2 Å². The fourth-order valence-corrected chi connectivity index (χ4v) is 1.08. The highest BCUT2D eigenvalue weighted by Gasteiger charge is 1.87. The van der Waals surface area contributed by atoms with Crippen molar-refractivity contribution in [1.82, 2.24) is 0 Å². The van der Waals surface area contributed by atoms with E-state index in [-0.39, 0.29) is 24.8 Å². The van der Waals surface area contributed by atoms with E-state index in [1.54, 1.807) is 0 Å². The first-order chi connectivity index (χ1) is 4.27. The van der Waals surface area contributed by atoms with Gasteiger partial charge < -0.3 is 9.42 Å². The van der Waals surface area contributed by atoms with Crippen LogP contribution in [0.25, 0.3) is 0 Å². The molecule has 0 bridgehead atoms.